The molecule has 1 unspecified atom stereocenters. The van der Waals surface area contributed by atoms with E-state index in [0.717, 1.165) is 32.0 Å². The average molecular weight is 362 g/mol. The third-order valence-electron chi connectivity index (χ3n) is 4.32. The molecule has 1 heterocycles. The van der Waals surface area contributed by atoms with Gasteiger partial charge >= 0.3 is 0 Å². The first-order chi connectivity index (χ1) is 12.1. The lowest BCUT2D eigenvalue weighted by Crippen LogP contribution is -2.41. The maximum atomic E-state index is 10.8. The summed E-state index contributed by atoms with van der Waals surface area (Å²) in [6.45, 7) is 3.88. The van der Waals surface area contributed by atoms with Crippen molar-refractivity contribution in [2.45, 2.75) is 6.04 Å². The van der Waals surface area contributed by atoms with Crippen LogP contribution in [0.5, 0.6) is 0 Å². The van der Waals surface area contributed by atoms with Gasteiger partial charge in [-0.3, -0.25) is 15.0 Å². The predicted molar refractivity (Wildman–Crippen MR) is 98.2 cm³/mol. The topological polar surface area (TPSA) is 67.6 Å². The van der Waals surface area contributed by atoms with E-state index < -0.39 is 4.92 Å². The van der Waals surface area contributed by atoms with Crippen LogP contribution in [0, 0.1) is 10.1 Å². The Morgan fingerprint density at radius 1 is 1.12 bits per heavy atom. The molecule has 1 aliphatic rings. The lowest BCUT2D eigenvalue weighted by Gasteiger charge is -2.35. The minimum atomic E-state index is -0.395. The van der Waals surface area contributed by atoms with E-state index in [1.54, 1.807) is 12.1 Å². The molecule has 0 saturated carbocycles. The molecule has 1 saturated heterocycles. The Morgan fingerprint density at radius 2 is 1.76 bits per heavy atom. The van der Waals surface area contributed by atoms with Crippen molar-refractivity contribution in [3.05, 3.63) is 69.2 Å². The minimum absolute atomic E-state index is 0.0907. The quantitative estimate of drug-likeness (QED) is 0.627. The van der Waals surface area contributed by atoms with Crippen LogP contribution in [-0.2, 0) is 4.74 Å². The maximum absolute atomic E-state index is 10.8. The highest BCUT2D eigenvalue weighted by molar-refractivity contribution is 6.30. The molecule has 2 aromatic carbocycles. The molecule has 0 bridgehead atoms. The summed E-state index contributed by atoms with van der Waals surface area (Å²) < 4.78 is 5.46. The molecule has 6 nitrogen and oxygen atoms in total. The molecule has 1 aliphatic heterocycles. The summed E-state index contributed by atoms with van der Waals surface area (Å²) in [7, 11) is 0. The van der Waals surface area contributed by atoms with Gasteiger partial charge in [0.15, 0.2) is 0 Å². The zero-order chi connectivity index (χ0) is 17.6. The van der Waals surface area contributed by atoms with Gasteiger partial charge in [-0.25, -0.2) is 0 Å². The third-order valence-corrected chi connectivity index (χ3v) is 4.57. The average Bonchev–Trinajstić information content (AvgIpc) is 2.64. The van der Waals surface area contributed by atoms with Gasteiger partial charge in [0, 0.05) is 42.5 Å². The van der Waals surface area contributed by atoms with Gasteiger partial charge in [-0.1, -0.05) is 23.7 Å². The van der Waals surface area contributed by atoms with Crippen molar-refractivity contribution >= 4 is 23.0 Å². The molecule has 3 rings (SSSR count). The van der Waals surface area contributed by atoms with Crippen molar-refractivity contribution < 1.29 is 9.66 Å². The number of nitrogens with one attached hydrogen (secondary N) is 1. The van der Waals surface area contributed by atoms with Gasteiger partial charge in [0.2, 0.25) is 0 Å². The summed E-state index contributed by atoms with van der Waals surface area (Å²) in [6, 6.07) is 14.5. The van der Waals surface area contributed by atoms with Crippen LogP contribution < -0.4 is 5.32 Å². The Labute approximate surface area is 151 Å². The number of ether oxygens (including phenoxy) is 1. The molecule has 0 aliphatic carbocycles. The summed E-state index contributed by atoms with van der Waals surface area (Å²) in [4.78, 5) is 12.7. The Balaban J connectivity index is 1.72. The Hall–Kier alpha value is -2.15. The lowest BCUT2D eigenvalue weighted by molar-refractivity contribution is -0.384. The number of hydrogen-bond acceptors (Lipinski definition) is 5. The Bertz CT molecular complexity index is 701. The number of hydrogen-bond donors (Lipinski definition) is 1. The molecular formula is C18H20ClN3O3. The van der Waals surface area contributed by atoms with Crippen molar-refractivity contribution in [1.82, 2.24) is 4.90 Å². The first kappa shape index (κ1) is 17.7. The van der Waals surface area contributed by atoms with Crippen molar-refractivity contribution in [2.24, 2.45) is 0 Å². The molecule has 7 heteroatoms. The van der Waals surface area contributed by atoms with Crippen LogP contribution in [0.3, 0.4) is 0 Å². The minimum Gasteiger partial charge on any atom is -0.383 e. The molecule has 2 aromatic rings. The first-order valence-corrected chi connectivity index (χ1v) is 8.57. The van der Waals surface area contributed by atoms with Crippen LogP contribution in [0.2, 0.25) is 5.02 Å². The SMILES string of the molecule is O=[N+]([O-])c1ccc(NCC(c2ccc(Cl)cc2)N2CCOCC2)cc1. The molecule has 0 radical (unpaired) electrons. The second kappa shape index (κ2) is 8.29. The fourth-order valence-corrected chi connectivity index (χ4v) is 3.07. The van der Waals surface area contributed by atoms with E-state index in [-0.39, 0.29) is 11.7 Å². The fourth-order valence-electron chi connectivity index (χ4n) is 2.95. The third kappa shape index (κ3) is 4.69. The van der Waals surface area contributed by atoms with E-state index in [9.17, 15) is 10.1 Å². The molecule has 0 aromatic heterocycles. The summed E-state index contributed by atoms with van der Waals surface area (Å²) in [5.41, 5.74) is 2.13. The Kier molecular flexibility index (Phi) is 5.86. The number of benzene rings is 2. The number of halogens is 1. The van der Waals surface area contributed by atoms with Gasteiger partial charge in [0.05, 0.1) is 24.2 Å². The number of non-ortho nitro benzene ring substituents is 1. The van der Waals surface area contributed by atoms with E-state index in [2.05, 4.69) is 10.2 Å². The van der Waals surface area contributed by atoms with Gasteiger partial charge in [0.25, 0.3) is 5.69 Å². The number of nitro benzene ring substituents is 1. The van der Waals surface area contributed by atoms with Gasteiger partial charge in [-0.05, 0) is 29.8 Å². The standard InChI is InChI=1S/C18H20ClN3O3/c19-15-3-1-14(2-4-15)18(21-9-11-25-12-10-21)13-20-16-5-7-17(8-6-16)22(23)24/h1-8,18,20H,9-13H2. The van der Waals surface area contributed by atoms with Crippen molar-refractivity contribution in [3.8, 4) is 0 Å². The Morgan fingerprint density at radius 3 is 2.36 bits per heavy atom. The second-order valence-corrected chi connectivity index (χ2v) is 6.34. The highest BCUT2D eigenvalue weighted by atomic mass is 35.5. The summed E-state index contributed by atoms with van der Waals surface area (Å²) >= 11 is 6.01. The molecule has 0 spiro atoms. The highest BCUT2D eigenvalue weighted by Gasteiger charge is 2.22. The predicted octanol–water partition coefficient (Wildman–Crippen LogP) is 3.73. The molecule has 1 fully saturated rings. The number of rotatable bonds is 6. The molecule has 1 atom stereocenters. The molecule has 0 amide bonds. The number of anilines is 1. The zero-order valence-electron chi connectivity index (χ0n) is 13.7. The van der Waals surface area contributed by atoms with Gasteiger partial charge < -0.3 is 10.1 Å². The van der Waals surface area contributed by atoms with Crippen LogP contribution >= 0.6 is 11.6 Å². The van der Waals surface area contributed by atoms with E-state index in [1.165, 1.54) is 17.7 Å². The summed E-state index contributed by atoms with van der Waals surface area (Å²) in [5, 5.41) is 14.9. The second-order valence-electron chi connectivity index (χ2n) is 5.90. The van der Waals surface area contributed by atoms with E-state index in [4.69, 9.17) is 16.3 Å². The van der Waals surface area contributed by atoms with E-state index >= 15 is 0 Å². The van der Waals surface area contributed by atoms with Crippen molar-refractivity contribution in [2.75, 3.05) is 38.2 Å². The summed E-state index contributed by atoms with van der Waals surface area (Å²) in [5.74, 6) is 0. The molecule has 25 heavy (non-hydrogen) atoms. The largest absolute Gasteiger partial charge is 0.383 e. The van der Waals surface area contributed by atoms with Crippen molar-refractivity contribution in [3.63, 3.8) is 0 Å². The van der Waals surface area contributed by atoms with Crippen molar-refractivity contribution in [1.29, 1.82) is 0 Å². The highest BCUT2D eigenvalue weighted by Crippen LogP contribution is 2.25. The van der Waals surface area contributed by atoms with Gasteiger partial charge in [0.1, 0.15) is 0 Å². The van der Waals surface area contributed by atoms with Crippen LogP contribution in [0.4, 0.5) is 11.4 Å². The van der Waals surface area contributed by atoms with E-state index in [1.807, 2.05) is 24.3 Å². The smallest absolute Gasteiger partial charge is 0.269 e. The van der Waals surface area contributed by atoms with Crippen LogP contribution in [0.1, 0.15) is 11.6 Å². The van der Waals surface area contributed by atoms with Crippen LogP contribution in [0.15, 0.2) is 48.5 Å². The number of nitrogens with zero attached hydrogens (tertiary/aromatic N) is 2. The van der Waals surface area contributed by atoms with Gasteiger partial charge in [-0.15, -0.1) is 0 Å². The molecule has 1 N–H and O–H groups in total. The monoisotopic (exact) mass is 361 g/mol. The number of nitro groups is 1. The number of morpholine rings is 1. The molecule has 132 valence electrons. The van der Waals surface area contributed by atoms with E-state index in [0.29, 0.717) is 11.6 Å². The maximum Gasteiger partial charge on any atom is 0.269 e. The zero-order valence-corrected chi connectivity index (χ0v) is 14.5. The fraction of sp³-hybridized carbons (Fsp3) is 0.333. The van der Waals surface area contributed by atoms with Gasteiger partial charge in [-0.2, -0.15) is 0 Å². The van der Waals surface area contributed by atoms with Crippen LogP contribution in [-0.4, -0.2) is 42.7 Å². The normalized spacial score (nSPS) is 16.4. The van der Waals surface area contributed by atoms with Crippen LogP contribution in [0.25, 0.3) is 0 Å². The molecular weight excluding hydrogens is 342 g/mol. The lowest BCUT2D eigenvalue weighted by atomic mass is 10.0. The summed E-state index contributed by atoms with van der Waals surface area (Å²) in [6.07, 6.45) is 0. The first-order valence-electron chi connectivity index (χ1n) is 8.19.